The van der Waals surface area contributed by atoms with Gasteiger partial charge in [0, 0.05) is 18.3 Å². The number of rotatable bonds is 8. The van der Waals surface area contributed by atoms with Crippen LogP contribution in [0, 0.1) is 17.2 Å². The van der Waals surface area contributed by atoms with Gasteiger partial charge in [0.2, 0.25) is 0 Å². The van der Waals surface area contributed by atoms with Gasteiger partial charge in [-0.15, -0.1) is 0 Å². The summed E-state index contributed by atoms with van der Waals surface area (Å²) >= 11 is 0. The molecule has 0 spiro atoms. The molecule has 1 aliphatic heterocycles. The SMILES string of the molecule is COc1ccc(S(=O)(=O)O/C(C)=C(\C#N)C2C=CN(S(=O)(=O)c3ccc(OC)cc3)C=C2)cc1. The molecule has 9 nitrogen and oxygen atoms in total. The molecule has 0 unspecified atom stereocenters. The Morgan fingerprint density at radius 1 is 0.853 bits per heavy atom. The molecule has 0 aromatic heterocycles. The van der Waals surface area contributed by atoms with Crippen LogP contribution in [0.2, 0.25) is 0 Å². The lowest BCUT2D eigenvalue weighted by atomic mass is 9.98. The van der Waals surface area contributed by atoms with E-state index in [9.17, 15) is 22.1 Å². The minimum atomic E-state index is -4.18. The third-order valence-corrected chi connectivity index (χ3v) is 7.92. The molecule has 0 radical (unpaired) electrons. The molecule has 2 aromatic carbocycles. The van der Waals surface area contributed by atoms with Crippen molar-refractivity contribution in [2.24, 2.45) is 5.92 Å². The molecule has 0 atom stereocenters. The van der Waals surface area contributed by atoms with Gasteiger partial charge in [0.05, 0.1) is 30.8 Å². The second kappa shape index (κ2) is 10.0. The van der Waals surface area contributed by atoms with E-state index < -0.39 is 26.1 Å². The predicted octanol–water partition coefficient (Wildman–Crippen LogP) is 3.55. The Morgan fingerprint density at radius 2 is 1.32 bits per heavy atom. The number of sulfonamides is 1. The average Bonchev–Trinajstić information content (AvgIpc) is 2.84. The molecule has 0 amide bonds. The first kappa shape index (κ1) is 24.9. The molecule has 3 rings (SSSR count). The Bertz CT molecular complexity index is 1370. The van der Waals surface area contributed by atoms with E-state index in [4.69, 9.17) is 13.7 Å². The smallest absolute Gasteiger partial charge is 0.338 e. The monoisotopic (exact) mass is 502 g/mol. The highest BCUT2D eigenvalue weighted by Gasteiger charge is 2.25. The van der Waals surface area contributed by atoms with Crippen LogP contribution in [0.3, 0.4) is 0 Å². The van der Waals surface area contributed by atoms with E-state index in [-0.39, 0.29) is 21.1 Å². The van der Waals surface area contributed by atoms with Crippen LogP contribution in [0.25, 0.3) is 0 Å². The zero-order chi connectivity index (χ0) is 24.9. The van der Waals surface area contributed by atoms with E-state index in [1.165, 1.54) is 94.2 Å². The van der Waals surface area contributed by atoms with Crippen LogP contribution in [-0.4, -0.2) is 35.4 Å². The fraction of sp³-hybridized carbons (Fsp3) is 0.174. The summed E-state index contributed by atoms with van der Waals surface area (Å²) in [6.07, 6.45) is 5.53. The van der Waals surface area contributed by atoms with Crippen LogP contribution >= 0.6 is 0 Å². The molecule has 0 fully saturated rings. The lowest BCUT2D eigenvalue weighted by Crippen LogP contribution is -2.23. The first-order chi connectivity index (χ1) is 16.1. The molecule has 1 heterocycles. The van der Waals surface area contributed by atoms with Crippen molar-refractivity contribution in [3.63, 3.8) is 0 Å². The average molecular weight is 503 g/mol. The summed E-state index contributed by atoms with van der Waals surface area (Å²) in [5.41, 5.74) is 0.0195. The zero-order valence-corrected chi connectivity index (χ0v) is 20.2. The van der Waals surface area contributed by atoms with Crippen molar-refractivity contribution in [1.82, 2.24) is 4.31 Å². The maximum Gasteiger partial charge on any atom is 0.338 e. The van der Waals surface area contributed by atoms with Crippen molar-refractivity contribution in [3.8, 4) is 17.6 Å². The van der Waals surface area contributed by atoms with Crippen molar-refractivity contribution in [1.29, 1.82) is 5.26 Å². The third-order valence-electron chi connectivity index (χ3n) is 4.93. The third kappa shape index (κ3) is 5.24. The lowest BCUT2D eigenvalue weighted by molar-refractivity contribution is 0.401. The molecule has 34 heavy (non-hydrogen) atoms. The summed E-state index contributed by atoms with van der Waals surface area (Å²) in [5, 5.41) is 9.63. The van der Waals surface area contributed by atoms with Gasteiger partial charge in [-0.05, 0) is 55.5 Å². The summed E-state index contributed by atoms with van der Waals surface area (Å²) in [5.74, 6) is 0.200. The Morgan fingerprint density at radius 3 is 1.76 bits per heavy atom. The number of nitrogens with zero attached hydrogens (tertiary/aromatic N) is 2. The van der Waals surface area contributed by atoms with Crippen LogP contribution in [0.4, 0.5) is 0 Å². The Hall–Kier alpha value is -3.75. The molecular formula is C23H22N2O7S2. The molecule has 178 valence electrons. The molecule has 1 aliphatic rings. The van der Waals surface area contributed by atoms with E-state index in [0.717, 1.165) is 4.31 Å². The minimum absolute atomic E-state index is 0.0195. The first-order valence-electron chi connectivity index (χ1n) is 9.86. The first-order valence-corrected chi connectivity index (χ1v) is 12.7. The highest BCUT2D eigenvalue weighted by Crippen LogP contribution is 2.28. The summed E-state index contributed by atoms with van der Waals surface area (Å²) < 4.78 is 67.1. The molecule has 2 aromatic rings. The van der Waals surface area contributed by atoms with E-state index >= 15 is 0 Å². The van der Waals surface area contributed by atoms with E-state index in [0.29, 0.717) is 11.5 Å². The minimum Gasteiger partial charge on any atom is -0.497 e. The van der Waals surface area contributed by atoms with Gasteiger partial charge in [-0.2, -0.15) is 13.7 Å². The second-order valence-electron chi connectivity index (χ2n) is 7.01. The van der Waals surface area contributed by atoms with Crippen LogP contribution < -0.4 is 9.47 Å². The Labute approximate surface area is 199 Å². The normalized spacial score (nSPS) is 14.8. The maximum atomic E-state index is 12.8. The quantitative estimate of drug-likeness (QED) is 0.305. The van der Waals surface area contributed by atoms with E-state index in [1.807, 2.05) is 6.07 Å². The number of benzene rings is 2. The molecule has 0 saturated carbocycles. The number of allylic oxidation sites excluding steroid dienone is 4. The molecule has 0 N–H and O–H groups in total. The second-order valence-corrected chi connectivity index (χ2v) is 10.4. The zero-order valence-electron chi connectivity index (χ0n) is 18.6. The number of nitriles is 1. The van der Waals surface area contributed by atoms with Crippen molar-refractivity contribution in [2.75, 3.05) is 14.2 Å². The van der Waals surface area contributed by atoms with E-state index in [1.54, 1.807) is 0 Å². The highest BCUT2D eigenvalue weighted by molar-refractivity contribution is 7.89. The highest BCUT2D eigenvalue weighted by atomic mass is 32.2. The van der Waals surface area contributed by atoms with Crippen molar-refractivity contribution >= 4 is 20.1 Å². The Balaban J connectivity index is 1.80. The maximum absolute atomic E-state index is 12.8. The van der Waals surface area contributed by atoms with Crippen LogP contribution in [0.15, 0.2) is 94.2 Å². The predicted molar refractivity (Wildman–Crippen MR) is 123 cm³/mol. The standard InChI is InChI=1S/C23H22N2O7S2/c1-17(32-34(28,29)22-10-6-20(31-3)7-11-22)23(16-24)18-12-14-25(15-13-18)33(26,27)21-8-4-19(30-2)5-9-21/h4-15,18H,1-3H3/b23-17+. The fourth-order valence-corrected chi connectivity index (χ4v) is 5.25. The van der Waals surface area contributed by atoms with Crippen molar-refractivity contribution in [2.45, 2.75) is 16.7 Å². The van der Waals surface area contributed by atoms with Crippen LogP contribution in [0.1, 0.15) is 6.92 Å². The largest absolute Gasteiger partial charge is 0.497 e. The number of methoxy groups -OCH3 is 2. The van der Waals surface area contributed by atoms with Gasteiger partial charge in [0.1, 0.15) is 22.2 Å². The van der Waals surface area contributed by atoms with Gasteiger partial charge in [0.15, 0.2) is 0 Å². The van der Waals surface area contributed by atoms with Gasteiger partial charge >= 0.3 is 10.1 Å². The summed E-state index contributed by atoms with van der Waals surface area (Å²) in [7, 11) is -5.11. The van der Waals surface area contributed by atoms with Gasteiger partial charge < -0.3 is 13.7 Å². The van der Waals surface area contributed by atoms with Crippen LogP contribution in [-0.2, 0) is 24.3 Å². The van der Waals surface area contributed by atoms with E-state index in [2.05, 4.69) is 0 Å². The molecule has 0 aliphatic carbocycles. The summed E-state index contributed by atoms with van der Waals surface area (Å²) in [6, 6.07) is 13.5. The van der Waals surface area contributed by atoms with Gasteiger partial charge in [0.25, 0.3) is 10.0 Å². The van der Waals surface area contributed by atoms with Crippen LogP contribution in [0.5, 0.6) is 11.5 Å². The van der Waals surface area contributed by atoms with Gasteiger partial charge in [-0.25, -0.2) is 12.7 Å². The summed E-state index contributed by atoms with van der Waals surface area (Å²) in [4.78, 5) is -0.0429. The molecule has 11 heteroatoms. The topological polar surface area (TPSA) is 123 Å². The van der Waals surface area contributed by atoms with Gasteiger partial charge in [-0.1, -0.05) is 12.2 Å². The lowest BCUT2D eigenvalue weighted by Gasteiger charge is -2.22. The van der Waals surface area contributed by atoms with Crippen molar-refractivity contribution in [3.05, 3.63) is 84.4 Å². The Kier molecular flexibility index (Phi) is 7.34. The van der Waals surface area contributed by atoms with Gasteiger partial charge in [-0.3, -0.25) is 0 Å². The molecule has 0 saturated heterocycles. The number of ether oxygens (including phenoxy) is 2. The van der Waals surface area contributed by atoms with Crippen molar-refractivity contribution < 1.29 is 30.5 Å². The fourth-order valence-electron chi connectivity index (χ4n) is 3.08. The molecular weight excluding hydrogens is 480 g/mol. The number of hydrogen-bond acceptors (Lipinski definition) is 8. The number of hydrogen-bond donors (Lipinski definition) is 0. The molecule has 0 bridgehead atoms. The summed E-state index contributed by atoms with van der Waals surface area (Å²) in [6.45, 7) is 1.36.